The molecule has 0 saturated carbocycles. The highest BCUT2D eigenvalue weighted by atomic mass is 79.9. The Hall–Kier alpha value is -2.86. The van der Waals surface area contributed by atoms with Crippen molar-refractivity contribution in [2.45, 2.75) is 0 Å². The number of pyridine rings is 1. The van der Waals surface area contributed by atoms with Gasteiger partial charge < -0.3 is 15.4 Å². The third kappa shape index (κ3) is 4.36. The number of methoxy groups -OCH3 is 1. The molecular formula is C19H16BrN3O2. The number of benzene rings is 2. The summed E-state index contributed by atoms with van der Waals surface area (Å²) < 4.78 is 6.04. The van der Waals surface area contributed by atoms with Crippen molar-refractivity contribution in [2.24, 2.45) is 0 Å². The lowest BCUT2D eigenvalue weighted by molar-refractivity contribution is 0.102. The van der Waals surface area contributed by atoms with Crippen molar-refractivity contribution >= 4 is 39.0 Å². The molecule has 0 atom stereocenters. The fourth-order valence-corrected chi connectivity index (χ4v) is 2.66. The normalized spacial score (nSPS) is 10.2. The highest BCUT2D eigenvalue weighted by Crippen LogP contribution is 2.22. The number of hydrogen-bond donors (Lipinski definition) is 2. The van der Waals surface area contributed by atoms with Gasteiger partial charge in [0.05, 0.1) is 12.7 Å². The molecule has 2 N–H and O–H groups in total. The number of aromatic nitrogens is 1. The molecule has 0 saturated heterocycles. The number of nitrogens with one attached hydrogen (secondary N) is 2. The summed E-state index contributed by atoms with van der Waals surface area (Å²) >= 11 is 3.39. The molecule has 0 unspecified atom stereocenters. The maximum absolute atomic E-state index is 12.6. The molecule has 3 rings (SSSR count). The number of nitrogens with zero attached hydrogens (tertiary/aromatic N) is 1. The number of anilines is 3. The fourth-order valence-electron chi connectivity index (χ4n) is 2.26. The van der Waals surface area contributed by atoms with Crippen LogP contribution in [0.1, 0.15) is 10.4 Å². The number of hydrogen-bond acceptors (Lipinski definition) is 4. The van der Waals surface area contributed by atoms with Gasteiger partial charge in [0.25, 0.3) is 5.91 Å². The monoisotopic (exact) mass is 397 g/mol. The maximum Gasteiger partial charge on any atom is 0.259 e. The van der Waals surface area contributed by atoms with Gasteiger partial charge >= 0.3 is 0 Å². The van der Waals surface area contributed by atoms with E-state index in [2.05, 4.69) is 31.5 Å². The van der Waals surface area contributed by atoms with Crippen LogP contribution in [0.2, 0.25) is 0 Å². The summed E-state index contributed by atoms with van der Waals surface area (Å²) in [5, 5.41) is 6.04. The zero-order chi connectivity index (χ0) is 17.6. The number of rotatable bonds is 5. The first-order valence-electron chi connectivity index (χ1n) is 7.59. The van der Waals surface area contributed by atoms with Crippen molar-refractivity contribution in [3.05, 3.63) is 76.9 Å². The summed E-state index contributed by atoms with van der Waals surface area (Å²) in [5.41, 5.74) is 1.98. The van der Waals surface area contributed by atoms with Crippen molar-refractivity contribution in [1.29, 1.82) is 0 Å². The summed E-state index contributed by atoms with van der Waals surface area (Å²) in [6.45, 7) is 0. The summed E-state index contributed by atoms with van der Waals surface area (Å²) in [5.74, 6) is 1.02. The lowest BCUT2D eigenvalue weighted by Gasteiger charge is -2.12. The third-order valence-corrected chi connectivity index (χ3v) is 3.98. The second-order valence-electron chi connectivity index (χ2n) is 5.22. The minimum atomic E-state index is -0.234. The van der Waals surface area contributed by atoms with Gasteiger partial charge in [-0.25, -0.2) is 4.98 Å². The minimum Gasteiger partial charge on any atom is -0.497 e. The van der Waals surface area contributed by atoms with Crippen LogP contribution in [0.4, 0.5) is 17.2 Å². The molecule has 3 aromatic rings. The summed E-state index contributed by atoms with van der Waals surface area (Å²) in [4.78, 5) is 16.9. The average molecular weight is 398 g/mol. The molecule has 0 aliphatic heterocycles. The van der Waals surface area contributed by atoms with E-state index in [4.69, 9.17) is 4.74 Å². The predicted octanol–water partition coefficient (Wildman–Crippen LogP) is 4.85. The van der Waals surface area contributed by atoms with Crippen molar-refractivity contribution in [1.82, 2.24) is 4.98 Å². The van der Waals surface area contributed by atoms with Crippen molar-refractivity contribution < 1.29 is 9.53 Å². The molecule has 0 fully saturated rings. The lowest BCUT2D eigenvalue weighted by atomic mass is 10.2. The molecule has 1 heterocycles. The Kier molecular flexibility index (Phi) is 5.30. The smallest absolute Gasteiger partial charge is 0.259 e. The standard InChI is InChI=1S/C19H16BrN3O2/c1-25-16-9-7-14(8-10-16)22-18-17(6-3-11-21-18)19(24)23-15-5-2-4-13(20)12-15/h2-12H,1H3,(H,21,22)(H,23,24). The number of halogens is 1. The lowest BCUT2D eigenvalue weighted by Crippen LogP contribution is -2.14. The van der Waals surface area contributed by atoms with Gasteiger partial charge in [-0.05, 0) is 54.6 Å². The quantitative estimate of drug-likeness (QED) is 0.645. The zero-order valence-corrected chi connectivity index (χ0v) is 15.1. The highest BCUT2D eigenvalue weighted by molar-refractivity contribution is 9.10. The van der Waals surface area contributed by atoms with E-state index in [1.54, 1.807) is 25.4 Å². The SMILES string of the molecule is COc1ccc(Nc2ncccc2C(=O)Nc2cccc(Br)c2)cc1. The van der Waals surface area contributed by atoms with Gasteiger partial charge in [0.1, 0.15) is 11.6 Å². The van der Waals surface area contributed by atoms with Gasteiger partial charge in [-0.15, -0.1) is 0 Å². The van der Waals surface area contributed by atoms with Gasteiger partial charge in [-0.1, -0.05) is 22.0 Å². The predicted molar refractivity (Wildman–Crippen MR) is 103 cm³/mol. The molecule has 1 amide bonds. The van der Waals surface area contributed by atoms with Crippen LogP contribution in [0.5, 0.6) is 5.75 Å². The molecule has 0 bridgehead atoms. The summed E-state index contributed by atoms with van der Waals surface area (Å²) in [6.07, 6.45) is 1.64. The summed E-state index contributed by atoms with van der Waals surface area (Å²) in [7, 11) is 1.62. The van der Waals surface area contributed by atoms with E-state index >= 15 is 0 Å². The van der Waals surface area contributed by atoms with E-state index in [1.807, 2.05) is 48.5 Å². The molecule has 5 nitrogen and oxygen atoms in total. The molecular weight excluding hydrogens is 382 g/mol. The second kappa shape index (κ2) is 7.81. The van der Waals surface area contributed by atoms with Gasteiger partial charge in [-0.3, -0.25) is 4.79 Å². The van der Waals surface area contributed by atoms with E-state index in [9.17, 15) is 4.79 Å². The van der Waals surface area contributed by atoms with Gasteiger partial charge in [-0.2, -0.15) is 0 Å². The van der Waals surface area contributed by atoms with E-state index in [1.165, 1.54) is 0 Å². The van der Waals surface area contributed by atoms with Crippen molar-refractivity contribution in [3.63, 3.8) is 0 Å². The number of amides is 1. The van der Waals surface area contributed by atoms with Gasteiger partial charge in [0, 0.05) is 22.0 Å². The molecule has 0 spiro atoms. The molecule has 2 aromatic carbocycles. The Morgan fingerprint density at radius 2 is 1.84 bits per heavy atom. The Morgan fingerprint density at radius 1 is 1.04 bits per heavy atom. The van der Waals surface area contributed by atoms with Crippen LogP contribution in [0, 0.1) is 0 Å². The molecule has 25 heavy (non-hydrogen) atoms. The number of carbonyl (C=O) groups excluding carboxylic acids is 1. The Bertz CT molecular complexity index is 882. The van der Waals surface area contributed by atoms with Crippen LogP contribution < -0.4 is 15.4 Å². The Labute approximate surface area is 154 Å². The number of carbonyl (C=O) groups is 1. The summed E-state index contributed by atoms with van der Waals surface area (Å²) in [6, 6.07) is 18.3. The molecule has 0 radical (unpaired) electrons. The van der Waals surface area contributed by atoms with Crippen LogP contribution in [-0.2, 0) is 0 Å². The zero-order valence-electron chi connectivity index (χ0n) is 13.5. The van der Waals surface area contributed by atoms with E-state index in [-0.39, 0.29) is 5.91 Å². The van der Waals surface area contributed by atoms with Crippen LogP contribution in [0.15, 0.2) is 71.3 Å². The first-order valence-corrected chi connectivity index (χ1v) is 8.38. The van der Waals surface area contributed by atoms with E-state index in [0.29, 0.717) is 17.1 Å². The third-order valence-electron chi connectivity index (χ3n) is 3.49. The fraction of sp³-hybridized carbons (Fsp3) is 0.0526. The van der Waals surface area contributed by atoms with E-state index in [0.717, 1.165) is 15.9 Å². The largest absolute Gasteiger partial charge is 0.497 e. The van der Waals surface area contributed by atoms with Crippen LogP contribution >= 0.6 is 15.9 Å². The van der Waals surface area contributed by atoms with Gasteiger partial charge in [0.2, 0.25) is 0 Å². The van der Waals surface area contributed by atoms with E-state index < -0.39 is 0 Å². The maximum atomic E-state index is 12.6. The Morgan fingerprint density at radius 3 is 2.56 bits per heavy atom. The first-order chi connectivity index (χ1) is 12.2. The number of ether oxygens (including phenoxy) is 1. The Balaban J connectivity index is 1.81. The second-order valence-corrected chi connectivity index (χ2v) is 6.13. The first kappa shape index (κ1) is 17.0. The van der Waals surface area contributed by atoms with Crippen LogP contribution in [0.25, 0.3) is 0 Å². The van der Waals surface area contributed by atoms with Crippen molar-refractivity contribution in [3.8, 4) is 5.75 Å². The van der Waals surface area contributed by atoms with Crippen LogP contribution in [0.3, 0.4) is 0 Å². The molecule has 0 aliphatic rings. The average Bonchev–Trinajstić information content (AvgIpc) is 2.63. The molecule has 1 aromatic heterocycles. The van der Waals surface area contributed by atoms with Gasteiger partial charge in [0.15, 0.2) is 0 Å². The van der Waals surface area contributed by atoms with Crippen molar-refractivity contribution in [2.75, 3.05) is 17.7 Å². The topological polar surface area (TPSA) is 63.2 Å². The van der Waals surface area contributed by atoms with Crippen LogP contribution in [-0.4, -0.2) is 18.0 Å². The molecule has 6 heteroatoms. The molecule has 0 aliphatic carbocycles. The highest BCUT2D eigenvalue weighted by Gasteiger charge is 2.13. The molecule has 126 valence electrons. The minimum absolute atomic E-state index is 0.234.